The SMILES string of the molecule is COc1cccc(C(=O)N2CCC3(CC2)CC(=O)c2cc(C)ccc2O3)c1. The van der Waals surface area contributed by atoms with Crippen LogP contribution in [0.3, 0.4) is 0 Å². The summed E-state index contributed by atoms with van der Waals surface area (Å²) in [5, 5.41) is 0. The smallest absolute Gasteiger partial charge is 0.253 e. The monoisotopic (exact) mass is 365 g/mol. The van der Waals surface area contributed by atoms with Gasteiger partial charge in [0.25, 0.3) is 5.91 Å². The second kappa shape index (κ2) is 6.72. The van der Waals surface area contributed by atoms with Crippen LogP contribution < -0.4 is 9.47 Å². The summed E-state index contributed by atoms with van der Waals surface area (Å²) in [4.78, 5) is 27.3. The minimum Gasteiger partial charge on any atom is -0.497 e. The fraction of sp³-hybridized carbons (Fsp3) is 0.364. The lowest BCUT2D eigenvalue weighted by Crippen LogP contribution is -2.52. The zero-order valence-corrected chi connectivity index (χ0v) is 15.7. The number of fused-ring (bicyclic) bond motifs is 1. The van der Waals surface area contributed by atoms with Crippen LogP contribution in [-0.2, 0) is 0 Å². The molecule has 0 aliphatic carbocycles. The number of hydrogen-bond acceptors (Lipinski definition) is 4. The molecule has 1 saturated heterocycles. The average Bonchev–Trinajstić information content (AvgIpc) is 2.69. The van der Waals surface area contributed by atoms with Crippen LogP contribution in [0.1, 0.15) is 45.5 Å². The molecule has 0 aromatic heterocycles. The molecule has 0 atom stereocenters. The Labute approximate surface area is 158 Å². The van der Waals surface area contributed by atoms with Crippen LogP contribution in [0.4, 0.5) is 0 Å². The van der Waals surface area contributed by atoms with Crippen molar-refractivity contribution in [2.75, 3.05) is 20.2 Å². The van der Waals surface area contributed by atoms with Gasteiger partial charge >= 0.3 is 0 Å². The lowest BCUT2D eigenvalue weighted by atomic mass is 9.82. The summed E-state index contributed by atoms with van der Waals surface area (Å²) in [6.07, 6.45) is 1.69. The lowest BCUT2D eigenvalue weighted by molar-refractivity contribution is -0.00573. The van der Waals surface area contributed by atoms with Gasteiger partial charge in [-0.3, -0.25) is 9.59 Å². The quantitative estimate of drug-likeness (QED) is 0.815. The number of rotatable bonds is 2. The fourth-order valence-corrected chi connectivity index (χ4v) is 3.94. The van der Waals surface area contributed by atoms with Gasteiger partial charge in [-0.05, 0) is 37.3 Å². The second-order valence-electron chi connectivity index (χ2n) is 7.41. The highest BCUT2D eigenvalue weighted by Crippen LogP contribution is 2.39. The number of hydrogen-bond donors (Lipinski definition) is 0. The molecule has 0 radical (unpaired) electrons. The highest BCUT2D eigenvalue weighted by Gasteiger charge is 2.43. The Kier molecular flexibility index (Phi) is 4.38. The molecule has 1 amide bonds. The summed E-state index contributed by atoms with van der Waals surface area (Å²) in [5.41, 5.74) is 1.85. The first-order valence-corrected chi connectivity index (χ1v) is 9.26. The Morgan fingerprint density at radius 1 is 1.15 bits per heavy atom. The molecule has 0 N–H and O–H groups in total. The highest BCUT2D eigenvalue weighted by molar-refractivity contribution is 6.00. The van der Waals surface area contributed by atoms with Crippen molar-refractivity contribution in [1.82, 2.24) is 4.90 Å². The molecule has 1 fully saturated rings. The van der Waals surface area contributed by atoms with Crippen LogP contribution in [0.25, 0.3) is 0 Å². The predicted octanol–water partition coefficient (Wildman–Crippen LogP) is 3.64. The third-order valence-corrected chi connectivity index (χ3v) is 5.52. The molecule has 2 aliphatic rings. The number of benzene rings is 2. The first-order chi connectivity index (χ1) is 13.0. The number of nitrogens with zero attached hydrogens (tertiary/aromatic N) is 1. The molecular weight excluding hydrogens is 342 g/mol. The van der Waals surface area contributed by atoms with Crippen molar-refractivity contribution in [3.63, 3.8) is 0 Å². The third-order valence-electron chi connectivity index (χ3n) is 5.52. The number of aryl methyl sites for hydroxylation is 1. The van der Waals surface area contributed by atoms with E-state index in [1.54, 1.807) is 19.2 Å². The van der Waals surface area contributed by atoms with Crippen LogP contribution in [-0.4, -0.2) is 42.4 Å². The summed E-state index contributed by atoms with van der Waals surface area (Å²) in [5.74, 6) is 1.46. The van der Waals surface area contributed by atoms with E-state index >= 15 is 0 Å². The number of piperidine rings is 1. The van der Waals surface area contributed by atoms with Crippen LogP contribution >= 0.6 is 0 Å². The maximum absolute atomic E-state index is 12.8. The number of ether oxygens (including phenoxy) is 2. The molecule has 4 rings (SSSR count). The maximum Gasteiger partial charge on any atom is 0.253 e. The van der Waals surface area contributed by atoms with Gasteiger partial charge in [0.1, 0.15) is 17.1 Å². The minimum atomic E-state index is -0.496. The Bertz CT molecular complexity index is 897. The molecule has 2 heterocycles. The fourth-order valence-electron chi connectivity index (χ4n) is 3.94. The van der Waals surface area contributed by atoms with Crippen LogP contribution in [0.5, 0.6) is 11.5 Å². The molecule has 0 bridgehead atoms. The van der Waals surface area contributed by atoms with Gasteiger partial charge in [-0.1, -0.05) is 17.7 Å². The second-order valence-corrected chi connectivity index (χ2v) is 7.41. The van der Waals surface area contributed by atoms with Crippen molar-refractivity contribution >= 4 is 11.7 Å². The van der Waals surface area contributed by atoms with Crippen molar-refractivity contribution in [2.45, 2.75) is 31.8 Å². The van der Waals surface area contributed by atoms with Crippen molar-refractivity contribution in [2.24, 2.45) is 0 Å². The van der Waals surface area contributed by atoms with Gasteiger partial charge in [0, 0.05) is 31.5 Å². The van der Waals surface area contributed by atoms with Crippen LogP contribution in [0, 0.1) is 6.92 Å². The van der Waals surface area contributed by atoms with Gasteiger partial charge in [0.2, 0.25) is 0 Å². The minimum absolute atomic E-state index is 0.0121. The van der Waals surface area contributed by atoms with Gasteiger partial charge in [-0.15, -0.1) is 0 Å². The lowest BCUT2D eigenvalue weighted by Gasteiger charge is -2.44. The van der Waals surface area contributed by atoms with E-state index in [0.717, 1.165) is 5.56 Å². The van der Waals surface area contributed by atoms with Gasteiger partial charge in [-0.2, -0.15) is 0 Å². The summed E-state index contributed by atoms with van der Waals surface area (Å²) < 4.78 is 11.5. The number of Topliss-reactive ketones (excluding diaryl/α,β-unsaturated/α-hetero) is 1. The summed E-state index contributed by atoms with van der Waals surface area (Å²) >= 11 is 0. The summed E-state index contributed by atoms with van der Waals surface area (Å²) in [7, 11) is 1.59. The van der Waals surface area contributed by atoms with E-state index in [2.05, 4.69) is 0 Å². The van der Waals surface area contributed by atoms with E-state index in [9.17, 15) is 9.59 Å². The number of likely N-dealkylation sites (tertiary alicyclic amines) is 1. The Morgan fingerprint density at radius 3 is 2.67 bits per heavy atom. The Morgan fingerprint density at radius 2 is 1.93 bits per heavy atom. The molecule has 2 aliphatic heterocycles. The first-order valence-electron chi connectivity index (χ1n) is 9.26. The number of carbonyl (C=O) groups excluding carboxylic acids is 2. The topological polar surface area (TPSA) is 55.8 Å². The van der Waals surface area contributed by atoms with E-state index in [1.165, 1.54) is 0 Å². The highest BCUT2D eigenvalue weighted by atomic mass is 16.5. The Balaban J connectivity index is 1.48. The van der Waals surface area contributed by atoms with Crippen molar-refractivity contribution in [3.05, 3.63) is 59.2 Å². The number of carbonyl (C=O) groups is 2. The maximum atomic E-state index is 12.8. The Hall–Kier alpha value is -2.82. The summed E-state index contributed by atoms with van der Waals surface area (Å²) in [6, 6.07) is 12.9. The zero-order chi connectivity index (χ0) is 19.0. The molecule has 2 aromatic carbocycles. The van der Waals surface area contributed by atoms with Crippen LogP contribution in [0.15, 0.2) is 42.5 Å². The van der Waals surface area contributed by atoms with E-state index in [4.69, 9.17) is 9.47 Å². The van der Waals surface area contributed by atoms with E-state index in [0.29, 0.717) is 55.0 Å². The summed E-state index contributed by atoms with van der Waals surface area (Å²) in [6.45, 7) is 3.12. The van der Waals surface area contributed by atoms with Crippen molar-refractivity contribution in [3.8, 4) is 11.5 Å². The van der Waals surface area contributed by atoms with Gasteiger partial charge in [-0.25, -0.2) is 0 Å². The van der Waals surface area contributed by atoms with Crippen LogP contribution in [0.2, 0.25) is 0 Å². The standard InChI is InChI=1S/C22H23NO4/c1-15-6-7-20-18(12-15)19(24)14-22(27-20)8-10-23(11-9-22)21(25)16-4-3-5-17(13-16)26-2/h3-7,12-13H,8-11,14H2,1-2H3. The van der Waals surface area contributed by atoms with E-state index < -0.39 is 5.60 Å². The van der Waals surface area contributed by atoms with Gasteiger partial charge in [0.15, 0.2) is 5.78 Å². The normalized spacial score (nSPS) is 18.0. The van der Waals surface area contributed by atoms with E-state index in [-0.39, 0.29) is 11.7 Å². The molecule has 27 heavy (non-hydrogen) atoms. The zero-order valence-electron chi connectivity index (χ0n) is 15.7. The average molecular weight is 365 g/mol. The molecule has 5 heteroatoms. The third kappa shape index (κ3) is 3.29. The largest absolute Gasteiger partial charge is 0.497 e. The number of ketones is 1. The molecule has 2 aromatic rings. The van der Waals surface area contributed by atoms with Gasteiger partial charge in [0.05, 0.1) is 19.1 Å². The molecule has 0 unspecified atom stereocenters. The molecule has 0 saturated carbocycles. The van der Waals surface area contributed by atoms with Crippen molar-refractivity contribution in [1.29, 1.82) is 0 Å². The predicted molar refractivity (Wildman–Crippen MR) is 102 cm³/mol. The molecule has 140 valence electrons. The molecular formula is C22H23NO4. The first kappa shape index (κ1) is 17.6. The van der Waals surface area contributed by atoms with E-state index in [1.807, 2.05) is 42.2 Å². The molecule has 1 spiro atoms. The number of amides is 1. The van der Waals surface area contributed by atoms with Crippen molar-refractivity contribution < 1.29 is 19.1 Å². The number of methoxy groups -OCH3 is 1. The molecule has 5 nitrogen and oxygen atoms in total. The van der Waals surface area contributed by atoms with Gasteiger partial charge < -0.3 is 14.4 Å².